The van der Waals surface area contributed by atoms with Gasteiger partial charge in [0.15, 0.2) is 17.5 Å². The predicted molar refractivity (Wildman–Crippen MR) is 195 cm³/mol. The minimum atomic E-state index is 0.640. The molecule has 0 N–H and O–H groups in total. The molecular formula is C42H26N4S. The fourth-order valence-corrected chi connectivity index (χ4v) is 7.36. The molecule has 0 radical (unpaired) electrons. The van der Waals surface area contributed by atoms with E-state index in [2.05, 4.69) is 91.0 Å². The standard InChI is InChI=1S/C42H26N4S/c1-4-13-29(14-5-1)39-44-40(30-15-6-2-7-16-30)46-41(45-39)34-24-22-27-12-10-11-19-33(27)37(34)32-21-20-28-23-25-36-38(35(28)26-32)47-42(43-36)31-17-8-3-9-18-31/h1-26H. The molecule has 0 atom stereocenters. The average Bonchev–Trinajstić information content (AvgIpc) is 3.60. The van der Waals surface area contributed by atoms with Crippen LogP contribution in [0.4, 0.5) is 0 Å². The summed E-state index contributed by atoms with van der Waals surface area (Å²) in [5.74, 6) is 1.93. The molecule has 4 nitrogen and oxygen atoms in total. The minimum absolute atomic E-state index is 0.640. The number of rotatable bonds is 5. The molecule has 7 aromatic carbocycles. The normalized spacial score (nSPS) is 11.4. The lowest BCUT2D eigenvalue weighted by molar-refractivity contribution is 1.07. The second-order valence-electron chi connectivity index (χ2n) is 11.5. The van der Waals surface area contributed by atoms with Crippen LogP contribution in [0.15, 0.2) is 158 Å². The van der Waals surface area contributed by atoms with Gasteiger partial charge in [-0.3, -0.25) is 0 Å². The van der Waals surface area contributed by atoms with Gasteiger partial charge >= 0.3 is 0 Å². The third-order valence-corrected chi connectivity index (χ3v) is 9.70. The quantitative estimate of drug-likeness (QED) is 0.193. The molecule has 2 heterocycles. The molecule has 0 saturated carbocycles. The summed E-state index contributed by atoms with van der Waals surface area (Å²) in [7, 11) is 0. The molecule has 47 heavy (non-hydrogen) atoms. The van der Waals surface area contributed by atoms with E-state index < -0.39 is 0 Å². The number of thiazole rings is 1. The molecule has 0 aliphatic rings. The third-order valence-electron chi connectivity index (χ3n) is 8.55. The van der Waals surface area contributed by atoms with Gasteiger partial charge in [0.05, 0.1) is 10.2 Å². The van der Waals surface area contributed by atoms with Crippen LogP contribution in [0.25, 0.3) is 87.6 Å². The molecule has 0 aliphatic carbocycles. The van der Waals surface area contributed by atoms with Gasteiger partial charge in [-0.25, -0.2) is 19.9 Å². The number of fused-ring (bicyclic) bond motifs is 4. The van der Waals surface area contributed by atoms with E-state index in [0.29, 0.717) is 17.5 Å². The molecule has 220 valence electrons. The summed E-state index contributed by atoms with van der Waals surface area (Å²) in [6, 6.07) is 54.6. The zero-order valence-electron chi connectivity index (χ0n) is 25.2. The van der Waals surface area contributed by atoms with Crippen LogP contribution in [0.3, 0.4) is 0 Å². The van der Waals surface area contributed by atoms with E-state index in [0.717, 1.165) is 54.7 Å². The van der Waals surface area contributed by atoms with Crippen molar-refractivity contribution >= 4 is 43.1 Å². The van der Waals surface area contributed by atoms with Crippen molar-refractivity contribution in [2.45, 2.75) is 0 Å². The molecule has 0 unspecified atom stereocenters. The highest BCUT2D eigenvalue weighted by Crippen LogP contribution is 2.41. The summed E-state index contributed by atoms with van der Waals surface area (Å²) in [5.41, 5.74) is 7.20. The van der Waals surface area contributed by atoms with Crippen LogP contribution >= 0.6 is 11.3 Å². The van der Waals surface area contributed by atoms with E-state index in [1.165, 1.54) is 15.5 Å². The SMILES string of the molecule is c1ccc(-c2nc(-c3ccccc3)nc(-c3ccc4ccccc4c3-c3ccc4ccc5nc(-c6ccccc6)sc5c4c3)n2)cc1. The van der Waals surface area contributed by atoms with Gasteiger partial charge in [0.1, 0.15) is 5.01 Å². The number of benzene rings is 7. The Morgan fingerprint density at radius 1 is 0.383 bits per heavy atom. The Labute approximate surface area is 275 Å². The first-order valence-corrected chi connectivity index (χ1v) is 16.4. The number of aromatic nitrogens is 4. The number of hydrogen-bond donors (Lipinski definition) is 0. The van der Waals surface area contributed by atoms with Gasteiger partial charge in [-0.2, -0.15) is 0 Å². The van der Waals surface area contributed by atoms with Crippen LogP contribution in [0.2, 0.25) is 0 Å². The summed E-state index contributed by atoms with van der Waals surface area (Å²) in [6.45, 7) is 0. The lowest BCUT2D eigenvalue weighted by atomic mass is 9.91. The Kier molecular flexibility index (Phi) is 6.61. The van der Waals surface area contributed by atoms with E-state index in [9.17, 15) is 0 Å². The van der Waals surface area contributed by atoms with E-state index in [1.54, 1.807) is 11.3 Å². The lowest BCUT2D eigenvalue weighted by Gasteiger charge is -2.15. The van der Waals surface area contributed by atoms with Gasteiger partial charge in [0, 0.05) is 33.2 Å². The van der Waals surface area contributed by atoms with Crippen LogP contribution in [-0.4, -0.2) is 19.9 Å². The fraction of sp³-hybridized carbons (Fsp3) is 0. The van der Waals surface area contributed by atoms with Crippen LogP contribution in [0.1, 0.15) is 0 Å². The first kappa shape index (κ1) is 27.3. The van der Waals surface area contributed by atoms with Crippen molar-refractivity contribution in [2.75, 3.05) is 0 Å². The summed E-state index contributed by atoms with van der Waals surface area (Å²) in [5, 5.41) is 5.70. The largest absolute Gasteiger partial charge is 0.236 e. The molecule has 0 bridgehead atoms. The number of hydrogen-bond acceptors (Lipinski definition) is 5. The van der Waals surface area contributed by atoms with Crippen molar-refractivity contribution in [3.63, 3.8) is 0 Å². The van der Waals surface area contributed by atoms with Gasteiger partial charge in [-0.1, -0.05) is 140 Å². The topological polar surface area (TPSA) is 51.6 Å². The minimum Gasteiger partial charge on any atom is -0.236 e. The summed E-state index contributed by atoms with van der Waals surface area (Å²) in [6.07, 6.45) is 0. The monoisotopic (exact) mass is 618 g/mol. The van der Waals surface area contributed by atoms with Gasteiger partial charge in [0.2, 0.25) is 0 Å². The Balaban J connectivity index is 1.30. The van der Waals surface area contributed by atoms with Gasteiger partial charge in [-0.05, 0) is 39.9 Å². The molecule has 9 aromatic rings. The van der Waals surface area contributed by atoms with Crippen LogP contribution in [0, 0.1) is 0 Å². The third kappa shape index (κ3) is 4.94. The van der Waals surface area contributed by atoms with Gasteiger partial charge < -0.3 is 0 Å². The zero-order chi connectivity index (χ0) is 31.2. The highest BCUT2D eigenvalue weighted by molar-refractivity contribution is 7.22. The van der Waals surface area contributed by atoms with Gasteiger partial charge in [-0.15, -0.1) is 11.3 Å². The summed E-state index contributed by atoms with van der Waals surface area (Å²) in [4.78, 5) is 20.2. The smallest absolute Gasteiger partial charge is 0.164 e. The lowest BCUT2D eigenvalue weighted by Crippen LogP contribution is -2.01. The molecule has 0 aliphatic heterocycles. The molecule has 9 rings (SSSR count). The van der Waals surface area contributed by atoms with Crippen molar-refractivity contribution in [1.29, 1.82) is 0 Å². The van der Waals surface area contributed by atoms with Crippen molar-refractivity contribution in [1.82, 2.24) is 19.9 Å². The van der Waals surface area contributed by atoms with Crippen LogP contribution < -0.4 is 0 Å². The van der Waals surface area contributed by atoms with Crippen molar-refractivity contribution < 1.29 is 0 Å². The van der Waals surface area contributed by atoms with Crippen molar-refractivity contribution in [3.05, 3.63) is 158 Å². The van der Waals surface area contributed by atoms with Gasteiger partial charge in [0.25, 0.3) is 0 Å². The maximum atomic E-state index is 5.11. The van der Waals surface area contributed by atoms with Crippen molar-refractivity contribution in [3.8, 4) is 55.9 Å². The zero-order valence-corrected chi connectivity index (χ0v) is 26.0. The van der Waals surface area contributed by atoms with E-state index in [4.69, 9.17) is 19.9 Å². The average molecular weight is 619 g/mol. The predicted octanol–water partition coefficient (Wildman–Crippen LogP) is 11.1. The maximum Gasteiger partial charge on any atom is 0.164 e. The summed E-state index contributed by atoms with van der Waals surface area (Å²) < 4.78 is 1.18. The molecular weight excluding hydrogens is 593 g/mol. The molecule has 5 heteroatoms. The Hall–Kier alpha value is -6.04. The van der Waals surface area contributed by atoms with Crippen molar-refractivity contribution in [2.24, 2.45) is 0 Å². The highest BCUT2D eigenvalue weighted by atomic mass is 32.1. The summed E-state index contributed by atoms with van der Waals surface area (Å²) >= 11 is 1.74. The molecule has 2 aromatic heterocycles. The second-order valence-corrected chi connectivity index (χ2v) is 12.5. The van der Waals surface area contributed by atoms with E-state index in [-0.39, 0.29) is 0 Å². The highest BCUT2D eigenvalue weighted by Gasteiger charge is 2.19. The fourth-order valence-electron chi connectivity index (χ4n) is 6.26. The Morgan fingerprint density at radius 3 is 1.64 bits per heavy atom. The molecule has 0 fully saturated rings. The second kappa shape index (κ2) is 11.4. The molecule has 0 saturated heterocycles. The van der Waals surface area contributed by atoms with E-state index >= 15 is 0 Å². The molecule has 0 amide bonds. The maximum absolute atomic E-state index is 5.11. The number of nitrogens with zero attached hydrogens (tertiary/aromatic N) is 4. The first-order valence-electron chi connectivity index (χ1n) is 15.6. The Morgan fingerprint density at radius 2 is 0.936 bits per heavy atom. The first-order chi connectivity index (χ1) is 23.3. The van der Waals surface area contributed by atoms with Crippen LogP contribution in [0.5, 0.6) is 0 Å². The molecule has 0 spiro atoms. The van der Waals surface area contributed by atoms with E-state index in [1.807, 2.05) is 66.7 Å². The van der Waals surface area contributed by atoms with Crippen LogP contribution in [-0.2, 0) is 0 Å². The Bertz CT molecular complexity index is 2500.